The third-order valence-corrected chi connectivity index (χ3v) is 6.71. The monoisotopic (exact) mass is 431 g/mol. The number of benzene rings is 2. The maximum absolute atomic E-state index is 13.6. The van der Waals surface area contributed by atoms with Crippen LogP contribution in [-0.4, -0.2) is 16.1 Å². The second-order valence-corrected chi connectivity index (χ2v) is 8.86. The molecule has 0 bridgehead atoms. The van der Waals surface area contributed by atoms with Crippen molar-refractivity contribution in [3.8, 4) is 0 Å². The van der Waals surface area contributed by atoms with Gasteiger partial charge < -0.3 is 4.42 Å². The molecule has 4 aromatic rings. The van der Waals surface area contributed by atoms with Crippen LogP contribution in [-0.2, 0) is 6.42 Å². The van der Waals surface area contributed by atoms with Crippen LogP contribution in [0.5, 0.6) is 0 Å². The van der Waals surface area contributed by atoms with Crippen LogP contribution in [0.1, 0.15) is 57.2 Å². The van der Waals surface area contributed by atoms with Gasteiger partial charge in [-0.05, 0) is 49.1 Å². The van der Waals surface area contributed by atoms with Gasteiger partial charge in [-0.25, -0.2) is 0 Å². The molecular weight excluding hydrogens is 410 g/mol. The molecule has 0 spiro atoms. The average Bonchev–Trinajstić information content (AvgIpc) is 3.33. The first-order valence-corrected chi connectivity index (χ1v) is 11.1. The summed E-state index contributed by atoms with van der Waals surface area (Å²) < 4.78 is 6.06. The number of carbonyl (C=O) groups excluding carboxylic acids is 1. The molecule has 1 aliphatic rings. The van der Waals surface area contributed by atoms with Crippen LogP contribution in [0.3, 0.4) is 0 Å². The highest BCUT2D eigenvalue weighted by Crippen LogP contribution is 2.42. The number of carbonyl (C=O) groups is 1. The smallest absolute Gasteiger partial charge is 0.297 e. The summed E-state index contributed by atoms with van der Waals surface area (Å²) in [5.74, 6) is -0.276. The molecule has 156 valence electrons. The Kier molecular flexibility index (Phi) is 4.70. The molecule has 6 nitrogen and oxygen atoms in total. The van der Waals surface area contributed by atoms with Gasteiger partial charge in [-0.3, -0.25) is 14.5 Å². The van der Waals surface area contributed by atoms with Crippen LogP contribution < -0.4 is 10.3 Å². The predicted octanol–water partition coefficient (Wildman–Crippen LogP) is 4.96. The zero-order valence-electron chi connectivity index (χ0n) is 17.5. The van der Waals surface area contributed by atoms with E-state index in [0.29, 0.717) is 21.7 Å². The van der Waals surface area contributed by atoms with Crippen LogP contribution in [0.2, 0.25) is 0 Å². The van der Waals surface area contributed by atoms with Crippen molar-refractivity contribution < 1.29 is 9.21 Å². The van der Waals surface area contributed by atoms with Crippen LogP contribution in [0, 0.1) is 13.8 Å². The molecule has 1 aliphatic heterocycles. The summed E-state index contributed by atoms with van der Waals surface area (Å²) in [6.45, 7) is 5.99. The third kappa shape index (κ3) is 3.08. The fourth-order valence-electron chi connectivity index (χ4n) is 4.03. The Labute approximate surface area is 183 Å². The molecule has 1 unspecified atom stereocenters. The molecule has 0 N–H and O–H groups in total. The molecule has 0 saturated heterocycles. The van der Waals surface area contributed by atoms with Gasteiger partial charge in [-0.2, -0.15) is 0 Å². The molecule has 7 heteroatoms. The summed E-state index contributed by atoms with van der Waals surface area (Å²) in [4.78, 5) is 28.7. The van der Waals surface area contributed by atoms with E-state index in [2.05, 4.69) is 17.1 Å². The molecule has 0 saturated carbocycles. The van der Waals surface area contributed by atoms with Gasteiger partial charge in [0.1, 0.15) is 10.6 Å². The van der Waals surface area contributed by atoms with Gasteiger partial charge in [0.05, 0.1) is 17.0 Å². The third-order valence-electron chi connectivity index (χ3n) is 5.73. The number of amides is 1. The Morgan fingerprint density at radius 3 is 2.55 bits per heavy atom. The van der Waals surface area contributed by atoms with Crippen molar-refractivity contribution in [1.29, 1.82) is 0 Å². The number of aryl methyl sites for hydroxylation is 3. The average molecular weight is 432 g/mol. The lowest BCUT2D eigenvalue weighted by Gasteiger charge is -2.21. The second-order valence-electron chi connectivity index (χ2n) is 7.82. The number of nitrogens with zero attached hydrogens (tertiary/aromatic N) is 3. The van der Waals surface area contributed by atoms with Gasteiger partial charge in [-0.1, -0.05) is 48.6 Å². The van der Waals surface area contributed by atoms with Gasteiger partial charge in [0.25, 0.3) is 5.91 Å². The quantitative estimate of drug-likeness (QED) is 0.456. The first-order chi connectivity index (χ1) is 15.0. The van der Waals surface area contributed by atoms with Crippen LogP contribution in [0.25, 0.3) is 11.0 Å². The van der Waals surface area contributed by atoms with Crippen LogP contribution in [0.15, 0.2) is 51.7 Å². The summed E-state index contributed by atoms with van der Waals surface area (Å²) in [5.41, 5.74) is 3.45. The van der Waals surface area contributed by atoms with E-state index in [9.17, 15) is 9.59 Å². The van der Waals surface area contributed by atoms with Crippen molar-refractivity contribution in [2.45, 2.75) is 39.7 Å². The van der Waals surface area contributed by atoms with Gasteiger partial charge in [-0.15, -0.1) is 10.2 Å². The van der Waals surface area contributed by atoms with E-state index in [4.69, 9.17) is 4.42 Å². The lowest BCUT2D eigenvalue weighted by Crippen LogP contribution is -2.29. The summed E-state index contributed by atoms with van der Waals surface area (Å²) in [5, 5.41) is 10.4. The van der Waals surface area contributed by atoms with E-state index in [1.54, 1.807) is 4.90 Å². The first kappa shape index (κ1) is 19.6. The van der Waals surface area contributed by atoms with E-state index in [1.807, 2.05) is 56.3 Å². The second kappa shape index (κ2) is 7.42. The van der Waals surface area contributed by atoms with Crippen molar-refractivity contribution in [2.24, 2.45) is 0 Å². The maximum Gasteiger partial charge on any atom is 0.297 e. The zero-order valence-corrected chi connectivity index (χ0v) is 18.3. The van der Waals surface area contributed by atoms with E-state index in [1.165, 1.54) is 11.3 Å². The van der Waals surface area contributed by atoms with Crippen molar-refractivity contribution in [3.63, 3.8) is 0 Å². The Morgan fingerprint density at radius 1 is 1.06 bits per heavy atom. The Morgan fingerprint density at radius 2 is 1.81 bits per heavy atom. The van der Waals surface area contributed by atoms with Crippen molar-refractivity contribution in [1.82, 2.24) is 10.2 Å². The van der Waals surface area contributed by atoms with Crippen molar-refractivity contribution in [3.05, 3.63) is 85.7 Å². The van der Waals surface area contributed by atoms with E-state index in [0.717, 1.165) is 34.5 Å². The SMILES string of the molecule is CCCc1nnc(N2C(=O)c3oc4cc(C)c(C)cc4c(=O)c3C2c2ccccc2)s1. The number of hydrogen-bond acceptors (Lipinski definition) is 6. The number of rotatable bonds is 4. The van der Waals surface area contributed by atoms with Crippen molar-refractivity contribution in [2.75, 3.05) is 4.90 Å². The normalized spacial score (nSPS) is 15.6. The Bertz CT molecular complexity index is 1370. The van der Waals surface area contributed by atoms with E-state index < -0.39 is 6.04 Å². The molecule has 5 rings (SSSR count). The van der Waals surface area contributed by atoms with Gasteiger partial charge in [0.15, 0.2) is 5.43 Å². The van der Waals surface area contributed by atoms with Crippen LogP contribution in [0.4, 0.5) is 5.13 Å². The topological polar surface area (TPSA) is 76.3 Å². The molecule has 0 aliphatic carbocycles. The summed E-state index contributed by atoms with van der Waals surface area (Å²) in [6, 6.07) is 12.6. The minimum Gasteiger partial charge on any atom is -0.450 e. The van der Waals surface area contributed by atoms with Crippen LogP contribution >= 0.6 is 11.3 Å². The van der Waals surface area contributed by atoms with Gasteiger partial charge in [0.2, 0.25) is 10.9 Å². The minimum atomic E-state index is -0.603. The maximum atomic E-state index is 13.6. The fraction of sp³-hybridized carbons (Fsp3) is 0.250. The van der Waals surface area contributed by atoms with Gasteiger partial charge >= 0.3 is 0 Å². The number of fused-ring (bicyclic) bond motifs is 2. The number of anilines is 1. The molecule has 1 atom stereocenters. The standard InChI is InChI=1S/C24H21N3O3S/c1-4-8-18-25-26-24(31-18)27-20(15-9-6-5-7-10-15)19-21(28)16-11-13(2)14(3)12-17(16)30-22(19)23(27)29/h5-7,9-12,20H,4,8H2,1-3H3. The molecule has 1 amide bonds. The fourth-order valence-corrected chi connectivity index (χ4v) is 5.00. The number of hydrogen-bond donors (Lipinski definition) is 0. The summed E-state index contributed by atoms with van der Waals surface area (Å²) >= 11 is 1.38. The summed E-state index contributed by atoms with van der Waals surface area (Å²) in [7, 11) is 0. The highest BCUT2D eigenvalue weighted by atomic mass is 32.1. The molecule has 3 heterocycles. The molecule has 0 fully saturated rings. The molecular formula is C24H21N3O3S. The lowest BCUT2D eigenvalue weighted by molar-refractivity contribution is 0.0970. The Hall–Kier alpha value is -3.32. The largest absolute Gasteiger partial charge is 0.450 e. The minimum absolute atomic E-state index is 0.0850. The molecule has 31 heavy (non-hydrogen) atoms. The van der Waals surface area contributed by atoms with E-state index in [-0.39, 0.29) is 17.1 Å². The van der Waals surface area contributed by atoms with Crippen molar-refractivity contribution >= 4 is 33.3 Å². The highest BCUT2D eigenvalue weighted by molar-refractivity contribution is 7.15. The Balaban J connectivity index is 1.78. The lowest BCUT2D eigenvalue weighted by atomic mass is 9.98. The number of aromatic nitrogens is 2. The first-order valence-electron chi connectivity index (χ1n) is 10.3. The highest BCUT2D eigenvalue weighted by Gasteiger charge is 2.45. The predicted molar refractivity (Wildman–Crippen MR) is 121 cm³/mol. The molecule has 2 aromatic carbocycles. The summed E-state index contributed by atoms with van der Waals surface area (Å²) in [6.07, 6.45) is 1.73. The van der Waals surface area contributed by atoms with Gasteiger partial charge in [0, 0.05) is 6.42 Å². The molecule has 2 aromatic heterocycles. The molecule has 0 radical (unpaired) electrons. The van der Waals surface area contributed by atoms with E-state index >= 15 is 0 Å². The zero-order chi connectivity index (χ0) is 21.7.